The number of aliphatic imine (C=N–C) groups is 1. The highest BCUT2D eigenvalue weighted by Crippen LogP contribution is 2.31. The minimum atomic E-state index is -0.252. The van der Waals surface area contributed by atoms with Crippen LogP contribution in [0, 0.1) is 5.82 Å². The van der Waals surface area contributed by atoms with E-state index in [1.54, 1.807) is 19.2 Å². The van der Waals surface area contributed by atoms with Crippen LogP contribution in [0.2, 0.25) is 0 Å². The lowest BCUT2D eigenvalue weighted by Gasteiger charge is -2.05. The van der Waals surface area contributed by atoms with E-state index in [2.05, 4.69) is 14.9 Å². The van der Waals surface area contributed by atoms with Gasteiger partial charge < -0.3 is 14.6 Å². The Hall–Kier alpha value is -3.84. The minimum Gasteiger partial charge on any atom is -0.497 e. The number of rotatable bonds is 5. The second kappa shape index (κ2) is 8.96. The van der Waals surface area contributed by atoms with Crippen LogP contribution >= 0.6 is 11.8 Å². The third-order valence-corrected chi connectivity index (χ3v) is 6.24. The third kappa shape index (κ3) is 4.54. The van der Waals surface area contributed by atoms with Gasteiger partial charge in [0.05, 0.1) is 17.7 Å². The number of aromatic nitrogens is 1. The van der Waals surface area contributed by atoms with Gasteiger partial charge in [-0.25, -0.2) is 9.38 Å². The van der Waals surface area contributed by atoms with Crippen LogP contribution in [-0.2, 0) is 11.3 Å². The van der Waals surface area contributed by atoms with Crippen LogP contribution in [0.1, 0.15) is 11.1 Å². The lowest BCUT2D eigenvalue weighted by molar-refractivity contribution is -0.115. The lowest BCUT2D eigenvalue weighted by atomic mass is 10.1. The Morgan fingerprint density at radius 1 is 1.06 bits per heavy atom. The number of benzene rings is 3. The number of carbonyl (C=O) groups excluding carboxylic acids is 1. The maximum absolute atomic E-state index is 13.3. The first-order valence-corrected chi connectivity index (χ1v) is 11.2. The van der Waals surface area contributed by atoms with E-state index in [1.165, 1.54) is 23.9 Å². The molecule has 5 rings (SSSR count). The predicted molar refractivity (Wildman–Crippen MR) is 131 cm³/mol. The van der Waals surface area contributed by atoms with Gasteiger partial charge >= 0.3 is 0 Å². The van der Waals surface area contributed by atoms with E-state index >= 15 is 0 Å². The maximum Gasteiger partial charge on any atom is 0.264 e. The SMILES string of the molecule is COc1ccc(N=C2NC(=O)/C(=C\c3cn(Cc4ccc(F)cc4)c4ccccc34)S2)cc1. The van der Waals surface area contributed by atoms with Gasteiger partial charge in [-0.15, -0.1) is 0 Å². The van der Waals surface area contributed by atoms with Crippen LogP contribution in [0.15, 0.2) is 88.9 Å². The molecule has 0 atom stereocenters. The standard InChI is InChI=1S/C26H20FN3O2S/c1-32-21-12-10-20(11-13-21)28-26-29-25(31)24(33-26)14-18-16-30(23-5-3-2-4-22(18)23)15-17-6-8-19(27)9-7-17/h2-14,16H,15H2,1H3,(H,28,29,31)/b24-14+. The van der Waals surface area contributed by atoms with Crippen LogP contribution in [0.5, 0.6) is 5.75 Å². The summed E-state index contributed by atoms with van der Waals surface area (Å²) in [6.45, 7) is 0.605. The zero-order chi connectivity index (χ0) is 22.8. The van der Waals surface area contributed by atoms with E-state index in [4.69, 9.17) is 4.74 Å². The average Bonchev–Trinajstić information content (AvgIpc) is 3.35. The number of thioether (sulfide) groups is 1. The molecule has 5 nitrogen and oxygen atoms in total. The largest absolute Gasteiger partial charge is 0.497 e. The summed E-state index contributed by atoms with van der Waals surface area (Å²) < 4.78 is 20.6. The number of para-hydroxylation sites is 1. The van der Waals surface area contributed by atoms with Crippen molar-refractivity contribution in [3.63, 3.8) is 0 Å². The summed E-state index contributed by atoms with van der Waals surface area (Å²) in [6.07, 6.45) is 3.91. The van der Waals surface area contributed by atoms with Crippen LogP contribution in [0.3, 0.4) is 0 Å². The van der Waals surface area contributed by atoms with Crippen molar-refractivity contribution in [2.75, 3.05) is 7.11 Å². The van der Waals surface area contributed by atoms with Crippen LogP contribution < -0.4 is 10.1 Å². The number of hydrogen-bond donors (Lipinski definition) is 1. The number of ether oxygens (including phenoxy) is 1. The summed E-state index contributed by atoms with van der Waals surface area (Å²) >= 11 is 1.31. The van der Waals surface area contributed by atoms with E-state index < -0.39 is 0 Å². The second-order valence-corrected chi connectivity index (χ2v) is 8.57. The lowest BCUT2D eigenvalue weighted by Crippen LogP contribution is -2.19. The first kappa shape index (κ1) is 21.0. The molecule has 0 unspecified atom stereocenters. The molecule has 1 aromatic heterocycles. The van der Waals surface area contributed by atoms with Gasteiger partial charge in [0.2, 0.25) is 0 Å². The fraction of sp³-hybridized carbons (Fsp3) is 0.0769. The molecule has 0 aliphatic carbocycles. The van der Waals surface area contributed by atoms with Crippen LogP contribution in [-0.4, -0.2) is 22.8 Å². The number of amides is 1. The van der Waals surface area contributed by atoms with Gasteiger partial charge in [-0.2, -0.15) is 0 Å². The van der Waals surface area contributed by atoms with Gasteiger partial charge in [0.25, 0.3) is 5.91 Å². The monoisotopic (exact) mass is 457 g/mol. The van der Waals surface area contributed by atoms with Gasteiger partial charge in [0.1, 0.15) is 11.6 Å². The highest BCUT2D eigenvalue weighted by Gasteiger charge is 2.24. The number of methoxy groups -OCH3 is 1. The summed E-state index contributed by atoms with van der Waals surface area (Å²) in [6, 6.07) is 21.9. The molecule has 1 aliphatic rings. The van der Waals surface area contributed by atoms with Crippen molar-refractivity contribution in [2.45, 2.75) is 6.54 Å². The van der Waals surface area contributed by atoms with Crippen molar-refractivity contribution >= 4 is 45.5 Å². The molecule has 0 spiro atoms. The zero-order valence-corrected chi connectivity index (χ0v) is 18.6. The Kier molecular flexibility index (Phi) is 5.71. The molecule has 2 heterocycles. The summed E-state index contributed by atoms with van der Waals surface area (Å²) in [5.74, 6) is 0.320. The van der Waals surface area contributed by atoms with Crippen molar-refractivity contribution in [1.29, 1.82) is 0 Å². The fourth-order valence-electron chi connectivity index (χ4n) is 3.70. The Labute approximate surface area is 194 Å². The normalized spacial score (nSPS) is 16.0. The molecule has 1 saturated heterocycles. The van der Waals surface area contributed by atoms with Crippen molar-refractivity contribution in [3.8, 4) is 5.75 Å². The number of nitrogens with one attached hydrogen (secondary N) is 1. The van der Waals surface area contributed by atoms with Crippen molar-refractivity contribution in [1.82, 2.24) is 9.88 Å². The second-order valence-electron chi connectivity index (χ2n) is 7.54. The molecule has 3 aromatic carbocycles. The molecule has 4 aromatic rings. The Morgan fingerprint density at radius 2 is 1.82 bits per heavy atom. The van der Waals surface area contributed by atoms with Gasteiger partial charge in [-0.1, -0.05) is 30.3 Å². The third-order valence-electron chi connectivity index (χ3n) is 5.33. The molecule has 0 radical (unpaired) electrons. The van der Waals surface area contributed by atoms with Gasteiger partial charge in [0, 0.05) is 29.2 Å². The highest BCUT2D eigenvalue weighted by atomic mass is 32.2. The van der Waals surface area contributed by atoms with E-state index in [0.29, 0.717) is 16.6 Å². The number of nitrogens with zero attached hydrogens (tertiary/aromatic N) is 2. The van der Waals surface area contributed by atoms with Crippen LogP contribution in [0.25, 0.3) is 17.0 Å². The molecule has 164 valence electrons. The van der Waals surface area contributed by atoms with Gasteiger partial charge in [0.15, 0.2) is 5.17 Å². The molecular weight excluding hydrogens is 437 g/mol. The Balaban J connectivity index is 1.44. The fourth-order valence-corrected chi connectivity index (χ4v) is 4.54. The molecule has 33 heavy (non-hydrogen) atoms. The number of hydrogen-bond acceptors (Lipinski definition) is 4. The summed E-state index contributed by atoms with van der Waals surface area (Å²) in [5, 5.41) is 4.41. The van der Waals surface area contributed by atoms with Crippen molar-refractivity contribution in [3.05, 3.63) is 101 Å². The predicted octanol–water partition coefficient (Wildman–Crippen LogP) is 5.73. The van der Waals surface area contributed by atoms with Crippen molar-refractivity contribution in [2.24, 2.45) is 4.99 Å². The summed E-state index contributed by atoms with van der Waals surface area (Å²) in [4.78, 5) is 17.7. The molecule has 7 heteroatoms. The molecule has 1 fully saturated rings. The zero-order valence-electron chi connectivity index (χ0n) is 17.8. The van der Waals surface area contributed by atoms with E-state index in [1.807, 2.05) is 60.8 Å². The smallest absolute Gasteiger partial charge is 0.264 e. The first-order valence-electron chi connectivity index (χ1n) is 10.3. The molecule has 0 bridgehead atoms. The quantitative estimate of drug-likeness (QED) is 0.390. The van der Waals surface area contributed by atoms with Crippen LogP contribution in [0.4, 0.5) is 10.1 Å². The molecule has 0 saturated carbocycles. The number of fused-ring (bicyclic) bond motifs is 1. The van der Waals surface area contributed by atoms with Gasteiger partial charge in [-0.3, -0.25) is 4.79 Å². The van der Waals surface area contributed by atoms with E-state index in [-0.39, 0.29) is 11.7 Å². The minimum absolute atomic E-state index is 0.178. The summed E-state index contributed by atoms with van der Waals surface area (Å²) in [7, 11) is 1.61. The topological polar surface area (TPSA) is 55.6 Å². The van der Waals surface area contributed by atoms with Gasteiger partial charge in [-0.05, 0) is 65.9 Å². The number of halogens is 1. The average molecular weight is 458 g/mol. The molecule has 1 aliphatic heterocycles. The molecule has 1 N–H and O–H groups in total. The van der Waals surface area contributed by atoms with E-state index in [9.17, 15) is 9.18 Å². The molecular formula is C26H20FN3O2S. The first-order chi connectivity index (χ1) is 16.1. The maximum atomic E-state index is 13.3. The molecule has 1 amide bonds. The number of carbonyl (C=O) groups is 1. The number of amidine groups is 1. The Bertz CT molecular complexity index is 1390. The highest BCUT2D eigenvalue weighted by molar-refractivity contribution is 8.18. The van der Waals surface area contributed by atoms with E-state index in [0.717, 1.165) is 33.5 Å². The van der Waals surface area contributed by atoms with Crippen molar-refractivity contribution < 1.29 is 13.9 Å². The Morgan fingerprint density at radius 3 is 2.58 bits per heavy atom. The summed E-state index contributed by atoms with van der Waals surface area (Å²) in [5.41, 5.74) is 3.72.